The summed E-state index contributed by atoms with van der Waals surface area (Å²) < 4.78 is 25.6. The maximum absolute atomic E-state index is 13.0. The Hall–Kier alpha value is -1.77. The summed E-state index contributed by atoms with van der Waals surface area (Å²) in [5, 5.41) is 0. The molecule has 0 N–H and O–H groups in total. The minimum absolute atomic E-state index is 0.294. The molecule has 1 heterocycles. The first-order valence-corrected chi connectivity index (χ1v) is 4.56. The number of hydrogen-bond acceptors (Lipinski definition) is 1. The highest BCUT2D eigenvalue weighted by Crippen LogP contribution is 2.18. The zero-order valence-corrected chi connectivity index (χ0v) is 8.17. The molecule has 2 rings (SSSR count). The number of aryl methyl sites for hydroxylation is 1. The van der Waals surface area contributed by atoms with Crippen LogP contribution in [0, 0.1) is 18.6 Å². The summed E-state index contributed by atoms with van der Waals surface area (Å²) in [7, 11) is 0. The van der Waals surface area contributed by atoms with Gasteiger partial charge in [0.15, 0.2) is 0 Å². The fourth-order valence-corrected chi connectivity index (χ4v) is 1.33. The molecule has 2 aromatic rings. The molecule has 76 valence electrons. The number of benzene rings is 1. The van der Waals surface area contributed by atoms with Gasteiger partial charge in [-0.15, -0.1) is 0 Å². The second-order valence-electron chi connectivity index (χ2n) is 3.27. The van der Waals surface area contributed by atoms with Gasteiger partial charge >= 0.3 is 0 Å². The van der Waals surface area contributed by atoms with Crippen LogP contribution in [0.4, 0.5) is 8.78 Å². The number of pyridine rings is 1. The Morgan fingerprint density at radius 1 is 0.933 bits per heavy atom. The first-order chi connectivity index (χ1) is 7.16. The molecule has 0 aliphatic carbocycles. The summed E-state index contributed by atoms with van der Waals surface area (Å²) in [6.07, 6.45) is 0. The summed E-state index contributed by atoms with van der Waals surface area (Å²) >= 11 is 0. The van der Waals surface area contributed by atoms with Crippen LogP contribution in [0.3, 0.4) is 0 Å². The predicted octanol–water partition coefficient (Wildman–Crippen LogP) is 3.34. The van der Waals surface area contributed by atoms with Crippen molar-refractivity contribution in [2.24, 2.45) is 0 Å². The van der Waals surface area contributed by atoms with Gasteiger partial charge in [-0.2, -0.15) is 0 Å². The molecule has 0 radical (unpaired) electrons. The molecule has 0 atom stereocenters. The highest BCUT2D eigenvalue weighted by Gasteiger charge is 2.03. The van der Waals surface area contributed by atoms with Crippen LogP contribution < -0.4 is 0 Å². The molecule has 15 heavy (non-hydrogen) atoms. The highest BCUT2D eigenvalue weighted by molar-refractivity contribution is 5.58. The van der Waals surface area contributed by atoms with Crippen LogP contribution in [0.15, 0.2) is 36.4 Å². The third-order valence-corrected chi connectivity index (χ3v) is 2.16. The average Bonchev–Trinajstić information content (AvgIpc) is 2.23. The number of hydrogen-bond donors (Lipinski definition) is 0. The van der Waals surface area contributed by atoms with Gasteiger partial charge in [-0.3, -0.25) is 4.98 Å². The molecular weight excluding hydrogens is 196 g/mol. The van der Waals surface area contributed by atoms with Crippen LogP contribution in [0.25, 0.3) is 11.3 Å². The van der Waals surface area contributed by atoms with Gasteiger partial charge in [-0.1, -0.05) is 0 Å². The normalized spacial score (nSPS) is 10.3. The van der Waals surface area contributed by atoms with Gasteiger partial charge in [0, 0.05) is 5.56 Å². The van der Waals surface area contributed by atoms with Crippen molar-refractivity contribution in [2.75, 3.05) is 0 Å². The number of halogens is 2. The SMILES string of the molecule is Cc1nc(-c2ccc(F)cc2)ccc1F. The van der Waals surface area contributed by atoms with Gasteiger partial charge in [0.2, 0.25) is 0 Å². The standard InChI is InChI=1S/C12H9F2N/c1-8-11(14)6-7-12(15-8)9-2-4-10(13)5-3-9/h2-7H,1H3. The van der Waals surface area contributed by atoms with Crippen molar-refractivity contribution in [3.8, 4) is 11.3 Å². The van der Waals surface area contributed by atoms with E-state index in [1.54, 1.807) is 25.1 Å². The number of rotatable bonds is 1. The molecule has 0 unspecified atom stereocenters. The Kier molecular flexibility index (Phi) is 2.46. The lowest BCUT2D eigenvalue weighted by molar-refractivity contribution is 0.610. The molecule has 1 nitrogen and oxygen atoms in total. The molecule has 1 aromatic carbocycles. The van der Waals surface area contributed by atoms with Crippen LogP contribution in [0.5, 0.6) is 0 Å². The first-order valence-electron chi connectivity index (χ1n) is 4.56. The van der Waals surface area contributed by atoms with Crippen LogP contribution in [-0.2, 0) is 0 Å². The molecule has 0 aliphatic rings. The minimum atomic E-state index is -0.333. The Morgan fingerprint density at radius 3 is 2.20 bits per heavy atom. The van der Waals surface area contributed by atoms with Gasteiger partial charge in [0.05, 0.1) is 11.4 Å². The minimum Gasteiger partial charge on any atom is -0.250 e. The van der Waals surface area contributed by atoms with Crippen molar-refractivity contribution in [2.45, 2.75) is 6.92 Å². The zero-order chi connectivity index (χ0) is 10.8. The molecule has 0 aliphatic heterocycles. The highest BCUT2D eigenvalue weighted by atomic mass is 19.1. The van der Waals surface area contributed by atoms with E-state index in [1.807, 2.05) is 0 Å². The van der Waals surface area contributed by atoms with Gasteiger partial charge in [0.25, 0.3) is 0 Å². The van der Waals surface area contributed by atoms with Crippen molar-refractivity contribution >= 4 is 0 Å². The fraction of sp³-hybridized carbons (Fsp3) is 0.0833. The van der Waals surface area contributed by atoms with E-state index < -0.39 is 0 Å². The summed E-state index contributed by atoms with van der Waals surface area (Å²) in [6, 6.07) is 8.89. The van der Waals surface area contributed by atoms with Crippen molar-refractivity contribution in [1.82, 2.24) is 4.98 Å². The molecule has 0 saturated carbocycles. The lowest BCUT2D eigenvalue weighted by Gasteiger charge is -2.02. The van der Waals surface area contributed by atoms with E-state index in [1.165, 1.54) is 18.2 Å². The van der Waals surface area contributed by atoms with Crippen LogP contribution >= 0.6 is 0 Å². The van der Waals surface area contributed by atoms with Crippen molar-refractivity contribution in [3.63, 3.8) is 0 Å². The topological polar surface area (TPSA) is 12.9 Å². The fourth-order valence-electron chi connectivity index (χ4n) is 1.33. The van der Waals surface area contributed by atoms with Crippen molar-refractivity contribution in [1.29, 1.82) is 0 Å². The van der Waals surface area contributed by atoms with Gasteiger partial charge in [-0.05, 0) is 43.3 Å². The smallest absolute Gasteiger partial charge is 0.144 e. The predicted molar refractivity (Wildman–Crippen MR) is 54.3 cm³/mol. The maximum Gasteiger partial charge on any atom is 0.144 e. The second kappa shape index (κ2) is 3.77. The second-order valence-corrected chi connectivity index (χ2v) is 3.27. The van der Waals surface area contributed by atoms with E-state index in [9.17, 15) is 8.78 Å². The Bertz CT molecular complexity index is 477. The molecule has 0 spiro atoms. The largest absolute Gasteiger partial charge is 0.250 e. The van der Waals surface area contributed by atoms with E-state index in [0.29, 0.717) is 11.4 Å². The molecule has 0 saturated heterocycles. The van der Waals surface area contributed by atoms with Crippen LogP contribution in [0.1, 0.15) is 5.69 Å². The van der Waals surface area contributed by atoms with Crippen molar-refractivity contribution < 1.29 is 8.78 Å². The Morgan fingerprint density at radius 2 is 1.60 bits per heavy atom. The van der Waals surface area contributed by atoms with Gasteiger partial charge in [-0.25, -0.2) is 8.78 Å². The lowest BCUT2D eigenvalue weighted by atomic mass is 10.1. The van der Waals surface area contributed by atoms with Crippen LogP contribution in [-0.4, -0.2) is 4.98 Å². The molecule has 1 aromatic heterocycles. The molecule has 0 fully saturated rings. The van der Waals surface area contributed by atoms with E-state index >= 15 is 0 Å². The first kappa shape index (κ1) is 9.77. The number of nitrogens with zero attached hydrogens (tertiary/aromatic N) is 1. The van der Waals surface area contributed by atoms with Crippen LogP contribution in [0.2, 0.25) is 0 Å². The lowest BCUT2D eigenvalue weighted by Crippen LogP contribution is -1.90. The van der Waals surface area contributed by atoms with E-state index in [-0.39, 0.29) is 11.6 Å². The van der Waals surface area contributed by atoms with E-state index in [2.05, 4.69) is 4.98 Å². The Balaban J connectivity index is 2.45. The Labute approximate surface area is 86.4 Å². The van der Waals surface area contributed by atoms with E-state index in [4.69, 9.17) is 0 Å². The van der Waals surface area contributed by atoms with E-state index in [0.717, 1.165) is 5.56 Å². The van der Waals surface area contributed by atoms with Crippen molar-refractivity contribution in [3.05, 3.63) is 53.7 Å². The summed E-state index contributed by atoms with van der Waals surface area (Å²) in [6.45, 7) is 1.60. The summed E-state index contributed by atoms with van der Waals surface area (Å²) in [5.41, 5.74) is 1.77. The molecule has 0 bridgehead atoms. The monoisotopic (exact) mass is 205 g/mol. The quantitative estimate of drug-likeness (QED) is 0.695. The number of aromatic nitrogens is 1. The zero-order valence-electron chi connectivity index (χ0n) is 8.17. The molecular formula is C12H9F2N. The maximum atomic E-state index is 13.0. The van der Waals surface area contributed by atoms with Gasteiger partial charge in [0.1, 0.15) is 11.6 Å². The molecule has 3 heteroatoms. The summed E-state index contributed by atoms with van der Waals surface area (Å²) in [4.78, 5) is 4.08. The third kappa shape index (κ3) is 2.01. The summed E-state index contributed by atoms with van der Waals surface area (Å²) in [5.74, 6) is -0.626. The van der Waals surface area contributed by atoms with Gasteiger partial charge < -0.3 is 0 Å². The molecule has 0 amide bonds. The third-order valence-electron chi connectivity index (χ3n) is 2.16. The average molecular weight is 205 g/mol.